The van der Waals surface area contributed by atoms with Gasteiger partial charge in [0, 0.05) is 19.4 Å². The summed E-state index contributed by atoms with van der Waals surface area (Å²) < 4.78 is 33.0. The molecule has 0 aromatic carbocycles. The summed E-state index contributed by atoms with van der Waals surface area (Å²) in [5, 5.41) is 8.88. The molecular formula is C29H58NO9P. The molecular weight excluding hydrogens is 537 g/mol. The van der Waals surface area contributed by atoms with Crippen LogP contribution < -0.4 is 4.89 Å². The van der Waals surface area contributed by atoms with Crippen LogP contribution in [0.1, 0.15) is 116 Å². The molecule has 0 rings (SSSR count). The summed E-state index contributed by atoms with van der Waals surface area (Å²) in [5.41, 5.74) is 0. The number of carbonyl (C=O) groups excluding carboxylic acids is 2. The van der Waals surface area contributed by atoms with Crippen LogP contribution in [0.15, 0.2) is 0 Å². The normalized spacial score (nSPS) is 14.1. The minimum Gasteiger partial charge on any atom is -0.756 e. The van der Waals surface area contributed by atoms with E-state index in [9.17, 15) is 19.0 Å². The molecule has 0 saturated carbocycles. The molecule has 10 nitrogen and oxygen atoms in total. The first-order chi connectivity index (χ1) is 19.0. The number of esters is 2. The Morgan fingerprint density at radius 1 is 0.750 bits per heavy atom. The maximum absolute atomic E-state index is 12.2. The highest BCUT2D eigenvalue weighted by Gasteiger charge is 2.21. The van der Waals surface area contributed by atoms with Crippen LogP contribution >= 0.6 is 7.82 Å². The Labute approximate surface area is 243 Å². The van der Waals surface area contributed by atoms with Gasteiger partial charge in [-0.2, -0.15) is 0 Å². The molecule has 0 fully saturated rings. The van der Waals surface area contributed by atoms with Gasteiger partial charge in [0.05, 0.1) is 27.7 Å². The molecule has 1 N–H and O–H groups in total. The number of hydrogen-bond acceptors (Lipinski definition) is 9. The van der Waals surface area contributed by atoms with Gasteiger partial charge in [-0.3, -0.25) is 14.2 Å². The quantitative estimate of drug-likeness (QED) is 0.0554. The van der Waals surface area contributed by atoms with Crippen LogP contribution in [-0.2, 0) is 32.7 Å². The van der Waals surface area contributed by atoms with Crippen LogP contribution in [0.5, 0.6) is 0 Å². The first-order valence-corrected chi connectivity index (χ1v) is 16.8. The van der Waals surface area contributed by atoms with Crippen molar-refractivity contribution < 1.29 is 47.2 Å². The molecule has 0 spiro atoms. The zero-order chi connectivity index (χ0) is 30.1. The molecule has 11 heteroatoms. The molecule has 0 bridgehead atoms. The van der Waals surface area contributed by atoms with Gasteiger partial charge in [-0.1, -0.05) is 84.0 Å². The standard InChI is InChI=1S/C29H58NO9P/c1-5-6-7-8-9-10-11-12-13-14-15-16-17-20-28(32)36-25-27(39-29(33)21-18-19-23-31)26-38-40(34,35)37-24-22-30(2,3)4/h27,31H,5-26H2,1-4H3/t27-/m1/s1. The van der Waals surface area contributed by atoms with E-state index in [0.29, 0.717) is 30.3 Å². The summed E-state index contributed by atoms with van der Waals surface area (Å²) in [5.74, 6) is -1.00. The van der Waals surface area contributed by atoms with Gasteiger partial charge in [0.1, 0.15) is 19.8 Å². The van der Waals surface area contributed by atoms with Crippen molar-refractivity contribution >= 4 is 19.8 Å². The number of nitrogens with zero attached hydrogens (tertiary/aromatic N) is 1. The number of hydrogen-bond donors (Lipinski definition) is 1. The molecule has 0 aromatic rings. The van der Waals surface area contributed by atoms with E-state index in [0.717, 1.165) is 12.8 Å². The molecule has 0 saturated heterocycles. The molecule has 238 valence electrons. The van der Waals surface area contributed by atoms with Gasteiger partial charge < -0.3 is 33.0 Å². The summed E-state index contributed by atoms with van der Waals surface area (Å²) in [6, 6.07) is 0. The summed E-state index contributed by atoms with van der Waals surface area (Å²) in [4.78, 5) is 36.4. The third kappa shape index (κ3) is 27.2. The van der Waals surface area contributed by atoms with Gasteiger partial charge in [-0.05, 0) is 19.3 Å². The summed E-state index contributed by atoms with van der Waals surface area (Å²) in [6.45, 7) is 1.78. The first kappa shape index (κ1) is 39.0. The molecule has 0 radical (unpaired) electrons. The molecule has 0 aromatic heterocycles. The summed E-state index contributed by atoms with van der Waals surface area (Å²) >= 11 is 0. The van der Waals surface area contributed by atoms with Gasteiger partial charge in [0.25, 0.3) is 7.82 Å². The van der Waals surface area contributed by atoms with Gasteiger partial charge in [0.2, 0.25) is 0 Å². The Morgan fingerprint density at radius 3 is 1.77 bits per heavy atom. The minimum atomic E-state index is -4.62. The van der Waals surface area contributed by atoms with Crippen molar-refractivity contribution in [1.29, 1.82) is 0 Å². The molecule has 0 aliphatic heterocycles. The number of ether oxygens (including phenoxy) is 2. The Bertz CT molecular complexity index is 685. The molecule has 1 unspecified atom stereocenters. The van der Waals surface area contributed by atoms with E-state index in [4.69, 9.17) is 23.6 Å². The average molecular weight is 596 g/mol. The predicted octanol–water partition coefficient (Wildman–Crippen LogP) is 5.29. The number of unbranched alkanes of at least 4 members (excludes halogenated alkanes) is 13. The Balaban J connectivity index is 4.27. The third-order valence-corrected chi connectivity index (χ3v) is 7.40. The predicted molar refractivity (Wildman–Crippen MR) is 154 cm³/mol. The second-order valence-corrected chi connectivity index (χ2v) is 13.0. The lowest BCUT2D eigenvalue weighted by atomic mass is 10.0. The number of likely N-dealkylation sites (N-methyl/N-ethyl adjacent to an activating group) is 1. The summed E-state index contributed by atoms with van der Waals surface area (Å²) in [7, 11) is 1.09. The smallest absolute Gasteiger partial charge is 0.306 e. The lowest BCUT2D eigenvalue weighted by molar-refractivity contribution is -0.870. The fraction of sp³-hybridized carbons (Fsp3) is 0.931. The number of rotatable bonds is 28. The van der Waals surface area contributed by atoms with Crippen LogP contribution in [0.25, 0.3) is 0 Å². The van der Waals surface area contributed by atoms with Gasteiger partial charge >= 0.3 is 11.9 Å². The second-order valence-electron chi connectivity index (χ2n) is 11.6. The van der Waals surface area contributed by atoms with Crippen molar-refractivity contribution in [2.75, 3.05) is 54.1 Å². The molecule has 0 heterocycles. The number of aliphatic hydroxyl groups is 1. The van der Waals surface area contributed by atoms with Crippen molar-refractivity contribution in [3.05, 3.63) is 0 Å². The van der Waals surface area contributed by atoms with E-state index < -0.39 is 32.5 Å². The lowest BCUT2D eigenvalue weighted by Gasteiger charge is -2.28. The van der Waals surface area contributed by atoms with Crippen molar-refractivity contribution in [3.8, 4) is 0 Å². The van der Waals surface area contributed by atoms with Crippen molar-refractivity contribution in [3.63, 3.8) is 0 Å². The van der Waals surface area contributed by atoms with E-state index in [1.807, 2.05) is 21.1 Å². The minimum absolute atomic E-state index is 0.0411. The van der Waals surface area contributed by atoms with Crippen LogP contribution in [0, 0.1) is 0 Å². The Kier molecular flexibility index (Phi) is 23.9. The van der Waals surface area contributed by atoms with Gasteiger partial charge in [-0.25, -0.2) is 0 Å². The van der Waals surface area contributed by atoms with Crippen LogP contribution in [0.3, 0.4) is 0 Å². The number of phosphoric ester groups is 1. The van der Waals surface area contributed by atoms with E-state index in [1.54, 1.807) is 0 Å². The molecule has 0 amide bonds. The van der Waals surface area contributed by atoms with E-state index in [2.05, 4.69) is 6.92 Å². The maximum atomic E-state index is 12.2. The largest absolute Gasteiger partial charge is 0.756 e. The lowest BCUT2D eigenvalue weighted by Crippen LogP contribution is -2.37. The van der Waals surface area contributed by atoms with E-state index >= 15 is 0 Å². The third-order valence-electron chi connectivity index (χ3n) is 6.43. The number of carbonyl (C=O) groups is 2. The zero-order valence-corrected chi connectivity index (χ0v) is 26.6. The van der Waals surface area contributed by atoms with Crippen LogP contribution in [-0.4, -0.2) is 81.7 Å². The molecule has 0 aliphatic carbocycles. The SMILES string of the molecule is CCCCCCCCCCCCCCCC(=O)OC[C@H](COP(=O)([O-])OCC[N+](C)(C)C)OC(=O)CCCCO. The molecule has 2 atom stereocenters. The van der Waals surface area contributed by atoms with Crippen molar-refractivity contribution in [2.45, 2.75) is 122 Å². The van der Waals surface area contributed by atoms with Gasteiger partial charge in [0.15, 0.2) is 6.10 Å². The monoisotopic (exact) mass is 595 g/mol. The van der Waals surface area contributed by atoms with Crippen LogP contribution in [0.2, 0.25) is 0 Å². The fourth-order valence-electron chi connectivity index (χ4n) is 3.93. The van der Waals surface area contributed by atoms with Crippen molar-refractivity contribution in [2.24, 2.45) is 0 Å². The number of aliphatic hydroxyl groups excluding tert-OH is 1. The zero-order valence-electron chi connectivity index (χ0n) is 25.7. The fourth-order valence-corrected chi connectivity index (χ4v) is 4.65. The van der Waals surface area contributed by atoms with Crippen LogP contribution in [0.4, 0.5) is 0 Å². The van der Waals surface area contributed by atoms with E-state index in [1.165, 1.54) is 64.2 Å². The Hall–Kier alpha value is -1.03. The highest BCUT2D eigenvalue weighted by molar-refractivity contribution is 7.45. The first-order valence-electron chi connectivity index (χ1n) is 15.4. The van der Waals surface area contributed by atoms with Gasteiger partial charge in [-0.15, -0.1) is 0 Å². The topological polar surface area (TPSA) is 131 Å². The molecule has 0 aliphatic rings. The highest BCUT2D eigenvalue weighted by atomic mass is 31.2. The van der Waals surface area contributed by atoms with E-state index in [-0.39, 0.29) is 32.7 Å². The maximum Gasteiger partial charge on any atom is 0.306 e. The highest BCUT2D eigenvalue weighted by Crippen LogP contribution is 2.38. The summed E-state index contributed by atoms with van der Waals surface area (Å²) in [6.07, 6.45) is 15.8. The number of phosphoric acid groups is 1. The Morgan fingerprint density at radius 2 is 1.25 bits per heavy atom. The average Bonchev–Trinajstić information content (AvgIpc) is 2.87. The van der Waals surface area contributed by atoms with Crippen molar-refractivity contribution in [1.82, 2.24) is 0 Å². The second kappa shape index (κ2) is 24.6. The number of quaternary nitrogens is 1. The molecule has 40 heavy (non-hydrogen) atoms.